The Morgan fingerprint density at radius 1 is 1.15 bits per heavy atom. The van der Waals surface area contributed by atoms with Crippen LogP contribution in [0.3, 0.4) is 0 Å². The van der Waals surface area contributed by atoms with Crippen LogP contribution < -0.4 is 5.32 Å². The van der Waals surface area contributed by atoms with E-state index in [4.69, 9.17) is 16.3 Å². The molecule has 1 N–H and O–H groups in total. The molecule has 0 radical (unpaired) electrons. The highest BCUT2D eigenvalue weighted by Gasteiger charge is 2.13. The molecule has 0 aliphatic rings. The molecule has 1 amide bonds. The van der Waals surface area contributed by atoms with E-state index in [1.807, 2.05) is 37.3 Å². The van der Waals surface area contributed by atoms with E-state index < -0.39 is 11.9 Å². The van der Waals surface area contributed by atoms with Crippen molar-refractivity contribution in [1.29, 1.82) is 0 Å². The van der Waals surface area contributed by atoms with Gasteiger partial charge in [0.05, 0.1) is 18.3 Å². The van der Waals surface area contributed by atoms with Gasteiger partial charge in [0.2, 0.25) is 0 Å². The number of aromatic nitrogens is 2. The second kappa shape index (κ2) is 8.51. The summed E-state index contributed by atoms with van der Waals surface area (Å²) in [6, 6.07) is 14.7. The lowest BCUT2D eigenvalue weighted by molar-refractivity contribution is -0.119. The summed E-state index contributed by atoms with van der Waals surface area (Å²) < 4.78 is 6.63. The van der Waals surface area contributed by atoms with Gasteiger partial charge in [-0.25, -0.2) is 4.79 Å². The molecule has 0 fully saturated rings. The molecule has 3 rings (SSSR count). The van der Waals surface area contributed by atoms with Crippen LogP contribution >= 0.6 is 11.6 Å². The Hall–Kier alpha value is -3.12. The average Bonchev–Trinajstić information content (AvgIpc) is 3.12. The van der Waals surface area contributed by atoms with E-state index in [0.717, 1.165) is 11.1 Å². The van der Waals surface area contributed by atoms with Crippen molar-refractivity contribution in [3.63, 3.8) is 0 Å². The first kappa shape index (κ1) is 18.7. The number of aryl methyl sites for hydroxylation is 1. The van der Waals surface area contributed by atoms with Crippen molar-refractivity contribution in [3.05, 3.63) is 82.6 Å². The molecule has 0 aliphatic carbocycles. The molecule has 0 atom stereocenters. The lowest BCUT2D eigenvalue weighted by atomic mass is 10.2. The number of carbonyl (C=O) groups excluding carboxylic acids is 2. The fourth-order valence-corrected chi connectivity index (χ4v) is 2.60. The highest BCUT2D eigenvalue weighted by Crippen LogP contribution is 2.16. The van der Waals surface area contributed by atoms with Crippen molar-refractivity contribution in [1.82, 2.24) is 9.78 Å². The molecule has 0 saturated carbocycles. The molecule has 6 nitrogen and oxygen atoms in total. The zero-order valence-corrected chi connectivity index (χ0v) is 15.4. The largest absolute Gasteiger partial charge is 0.452 e. The Morgan fingerprint density at radius 3 is 2.63 bits per heavy atom. The van der Waals surface area contributed by atoms with Gasteiger partial charge in [-0.05, 0) is 30.7 Å². The van der Waals surface area contributed by atoms with E-state index in [9.17, 15) is 9.59 Å². The number of benzene rings is 2. The van der Waals surface area contributed by atoms with Gasteiger partial charge in [0.15, 0.2) is 6.61 Å². The van der Waals surface area contributed by atoms with Crippen molar-refractivity contribution in [3.8, 4) is 0 Å². The van der Waals surface area contributed by atoms with E-state index in [2.05, 4.69) is 10.4 Å². The molecule has 1 heterocycles. The molecule has 7 heteroatoms. The zero-order valence-electron chi connectivity index (χ0n) is 14.7. The monoisotopic (exact) mass is 383 g/mol. The maximum absolute atomic E-state index is 12.1. The average molecular weight is 384 g/mol. The summed E-state index contributed by atoms with van der Waals surface area (Å²) >= 11 is 6.13. The minimum Gasteiger partial charge on any atom is -0.452 e. The topological polar surface area (TPSA) is 73.2 Å². The lowest BCUT2D eigenvalue weighted by Crippen LogP contribution is -2.20. The van der Waals surface area contributed by atoms with Gasteiger partial charge < -0.3 is 10.1 Å². The number of hydrogen-bond acceptors (Lipinski definition) is 4. The van der Waals surface area contributed by atoms with Crippen LogP contribution in [-0.4, -0.2) is 28.3 Å². The summed E-state index contributed by atoms with van der Waals surface area (Å²) in [5, 5.41) is 7.43. The number of ether oxygens (including phenoxy) is 1. The number of amides is 1. The summed E-state index contributed by atoms with van der Waals surface area (Å²) in [7, 11) is 0. The third-order valence-electron chi connectivity index (χ3n) is 3.83. The molecule has 0 bridgehead atoms. The quantitative estimate of drug-likeness (QED) is 0.659. The Kier molecular flexibility index (Phi) is 5.88. The third kappa shape index (κ3) is 5.18. The van der Waals surface area contributed by atoms with Gasteiger partial charge >= 0.3 is 5.97 Å². The molecule has 0 unspecified atom stereocenters. The van der Waals surface area contributed by atoms with Gasteiger partial charge in [0, 0.05) is 16.9 Å². The Bertz CT molecular complexity index is 951. The Labute approximate surface area is 161 Å². The lowest BCUT2D eigenvalue weighted by Gasteiger charge is -2.06. The van der Waals surface area contributed by atoms with E-state index >= 15 is 0 Å². The molecule has 2 aromatic carbocycles. The highest BCUT2D eigenvalue weighted by atomic mass is 35.5. The number of nitrogens with zero attached hydrogens (tertiary/aromatic N) is 2. The number of nitrogens with one attached hydrogen (secondary N) is 1. The summed E-state index contributed by atoms with van der Waals surface area (Å²) in [6.45, 7) is 2.02. The molecule has 27 heavy (non-hydrogen) atoms. The van der Waals surface area contributed by atoms with Gasteiger partial charge in [0.1, 0.15) is 0 Å². The van der Waals surface area contributed by atoms with Crippen LogP contribution in [-0.2, 0) is 16.1 Å². The summed E-state index contributed by atoms with van der Waals surface area (Å²) in [5.41, 5.74) is 2.90. The van der Waals surface area contributed by atoms with Crippen molar-refractivity contribution in [2.45, 2.75) is 13.5 Å². The Balaban J connectivity index is 1.52. The molecule has 0 saturated heterocycles. The summed E-state index contributed by atoms with van der Waals surface area (Å²) in [6.07, 6.45) is 2.96. The van der Waals surface area contributed by atoms with E-state index in [1.165, 1.54) is 6.20 Å². The molecular weight excluding hydrogens is 366 g/mol. The minimum absolute atomic E-state index is 0.269. The zero-order chi connectivity index (χ0) is 19.2. The van der Waals surface area contributed by atoms with Crippen molar-refractivity contribution >= 4 is 29.2 Å². The standard InChI is InChI=1S/C20H18ClN3O3/c1-14-6-8-17(9-7-14)23-19(25)13-27-20(26)16-10-22-24(12-16)11-15-4-2-3-5-18(15)21/h2-10,12H,11,13H2,1H3,(H,23,25). The third-order valence-corrected chi connectivity index (χ3v) is 4.20. The van der Waals surface area contributed by atoms with Crippen LogP contribution in [0.5, 0.6) is 0 Å². The number of halogens is 1. The second-order valence-electron chi connectivity index (χ2n) is 6.01. The Morgan fingerprint density at radius 2 is 1.89 bits per heavy atom. The molecule has 138 valence electrons. The molecule has 0 aliphatic heterocycles. The number of carbonyl (C=O) groups is 2. The van der Waals surface area contributed by atoms with Crippen molar-refractivity contribution in [2.75, 3.05) is 11.9 Å². The number of anilines is 1. The molecule has 0 spiro atoms. The van der Waals surface area contributed by atoms with Gasteiger partial charge in [-0.2, -0.15) is 5.10 Å². The normalized spacial score (nSPS) is 10.4. The smallest absolute Gasteiger partial charge is 0.341 e. The van der Waals surface area contributed by atoms with Crippen molar-refractivity contribution < 1.29 is 14.3 Å². The first-order chi connectivity index (χ1) is 13.0. The van der Waals surface area contributed by atoms with Gasteiger partial charge in [-0.1, -0.05) is 47.5 Å². The van der Waals surface area contributed by atoms with Crippen LogP contribution in [0.1, 0.15) is 21.5 Å². The van der Waals surface area contributed by atoms with Crippen LogP contribution in [0.15, 0.2) is 60.9 Å². The maximum atomic E-state index is 12.1. The van der Waals surface area contributed by atoms with E-state index in [-0.39, 0.29) is 12.2 Å². The van der Waals surface area contributed by atoms with E-state index in [0.29, 0.717) is 17.3 Å². The van der Waals surface area contributed by atoms with Gasteiger partial charge in [0.25, 0.3) is 5.91 Å². The predicted octanol–water partition coefficient (Wildman–Crippen LogP) is 3.69. The first-order valence-corrected chi connectivity index (χ1v) is 8.68. The SMILES string of the molecule is Cc1ccc(NC(=O)COC(=O)c2cnn(Cc3ccccc3Cl)c2)cc1. The molecular formula is C20H18ClN3O3. The number of hydrogen-bond donors (Lipinski definition) is 1. The maximum Gasteiger partial charge on any atom is 0.341 e. The summed E-state index contributed by atoms with van der Waals surface area (Å²) in [4.78, 5) is 24.0. The molecule has 1 aromatic heterocycles. The van der Waals surface area contributed by atoms with Gasteiger partial charge in [-0.15, -0.1) is 0 Å². The van der Waals surface area contributed by atoms with Crippen LogP contribution in [0.2, 0.25) is 5.02 Å². The fraction of sp³-hybridized carbons (Fsp3) is 0.150. The number of esters is 1. The van der Waals surface area contributed by atoms with E-state index in [1.54, 1.807) is 29.1 Å². The predicted molar refractivity (Wildman–Crippen MR) is 103 cm³/mol. The summed E-state index contributed by atoms with van der Waals surface area (Å²) in [5.74, 6) is -1.02. The molecule has 3 aromatic rings. The fourth-order valence-electron chi connectivity index (χ4n) is 2.40. The van der Waals surface area contributed by atoms with Gasteiger partial charge in [-0.3, -0.25) is 9.48 Å². The van der Waals surface area contributed by atoms with Crippen molar-refractivity contribution in [2.24, 2.45) is 0 Å². The number of rotatable bonds is 6. The first-order valence-electron chi connectivity index (χ1n) is 8.31. The van der Waals surface area contributed by atoms with Crippen LogP contribution in [0.25, 0.3) is 0 Å². The second-order valence-corrected chi connectivity index (χ2v) is 6.42. The minimum atomic E-state index is -0.612. The highest BCUT2D eigenvalue weighted by molar-refractivity contribution is 6.31. The van der Waals surface area contributed by atoms with Crippen LogP contribution in [0.4, 0.5) is 5.69 Å². The van der Waals surface area contributed by atoms with Crippen LogP contribution in [0, 0.1) is 6.92 Å².